The van der Waals surface area contributed by atoms with Crippen molar-refractivity contribution in [3.05, 3.63) is 0 Å². The molecule has 0 aromatic carbocycles. The van der Waals surface area contributed by atoms with E-state index in [-0.39, 0.29) is 4.32 Å². The van der Waals surface area contributed by atoms with Gasteiger partial charge in [0.1, 0.15) is 4.32 Å². The molecule has 0 rings (SSSR count). The maximum atomic E-state index is 4.71. The Bertz CT molecular complexity index is 42.8. The van der Waals surface area contributed by atoms with Gasteiger partial charge in [0.05, 0.1) is 0 Å². The second kappa shape index (κ2) is 9.28. The van der Waals surface area contributed by atoms with Crippen molar-refractivity contribution in [2.75, 3.05) is 0 Å². The fourth-order valence-corrected chi connectivity index (χ4v) is 0. The molecule has 0 amide bonds. The van der Waals surface area contributed by atoms with Crippen molar-refractivity contribution in [2.24, 2.45) is 5.73 Å². The van der Waals surface area contributed by atoms with Crippen LogP contribution in [0.2, 0.25) is 0 Å². The van der Waals surface area contributed by atoms with Crippen LogP contribution in [0.4, 0.5) is 0 Å². The van der Waals surface area contributed by atoms with Gasteiger partial charge in [-0.05, 0) is 0 Å². The standard InChI is InChI=1S/CH3NS2.CH2.Au/c2-1(3)4;;/h(H3,2,3,4);1H2;. The molecule has 6 heavy (non-hydrogen) atoms. The van der Waals surface area contributed by atoms with E-state index < -0.39 is 0 Å². The zero-order valence-electron chi connectivity index (χ0n) is 2.94. The summed E-state index contributed by atoms with van der Waals surface area (Å²) >= 11 is 9.68. The van der Waals surface area contributed by atoms with Gasteiger partial charge in [-0.25, -0.2) is 0 Å². The van der Waals surface area contributed by atoms with Crippen molar-refractivity contribution in [2.45, 2.75) is 0 Å². The molecule has 0 aliphatic rings. The summed E-state index contributed by atoms with van der Waals surface area (Å²) in [5, 5.41) is 0. The average Bonchev–Trinajstić information content (AvgIpc) is 1.41. The van der Waals surface area contributed by atoms with Gasteiger partial charge in [-0.15, -0.1) is 12.6 Å². The molecule has 0 fully saturated rings. The number of nitrogens with two attached hydrogens (primary N) is 1. The third-order valence-electron chi connectivity index (χ3n) is 0. The Morgan fingerprint density at radius 1 is 1.83 bits per heavy atom. The molecule has 0 saturated heterocycles. The Morgan fingerprint density at radius 3 is 1.83 bits per heavy atom. The third-order valence-corrected chi connectivity index (χ3v) is 0. The number of hydrogen-bond acceptors (Lipinski definition) is 1. The summed E-state index contributed by atoms with van der Waals surface area (Å²) in [5.74, 6) is 0. The molecule has 0 aromatic rings. The molecule has 0 aliphatic carbocycles. The molecule has 0 atom stereocenters. The van der Waals surface area contributed by atoms with Crippen LogP contribution >= 0.6 is 24.8 Å². The second-order valence-corrected chi connectivity index (χ2v) is 1.56. The van der Waals surface area contributed by atoms with Crippen LogP contribution in [0.3, 0.4) is 0 Å². The van der Waals surface area contributed by atoms with E-state index in [1.54, 1.807) is 0 Å². The van der Waals surface area contributed by atoms with Gasteiger partial charge >= 0.3 is 25.3 Å². The Labute approximate surface area is 60.1 Å². The summed E-state index contributed by atoms with van der Waals surface area (Å²) in [6.45, 7) is 0. The summed E-state index contributed by atoms with van der Waals surface area (Å²) in [4.78, 5) is 0. The van der Waals surface area contributed by atoms with Crippen LogP contribution in [0.1, 0.15) is 0 Å². The number of thiocarbonyl (C=S) groups is 1. The van der Waals surface area contributed by atoms with E-state index >= 15 is 0 Å². The quantitative estimate of drug-likeness (QED) is 0.378. The van der Waals surface area contributed by atoms with E-state index in [4.69, 9.17) is 5.73 Å². The topological polar surface area (TPSA) is 26.0 Å². The van der Waals surface area contributed by atoms with Gasteiger partial charge in [-0.2, -0.15) is 0 Å². The zero-order valence-corrected chi connectivity index (χ0v) is 6.82. The van der Waals surface area contributed by atoms with Crippen molar-refractivity contribution in [3.8, 4) is 0 Å². The van der Waals surface area contributed by atoms with Crippen LogP contribution in [0.5, 0.6) is 0 Å². The van der Waals surface area contributed by atoms with Gasteiger partial charge in [0.2, 0.25) is 0 Å². The van der Waals surface area contributed by atoms with Gasteiger partial charge in [0.25, 0.3) is 0 Å². The van der Waals surface area contributed by atoms with Crippen molar-refractivity contribution in [1.82, 2.24) is 0 Å². The minimum atomic E-state index is 0.194. The van der Waals surface area contributed by atoms with Crippen LogP contribution in [0.25, 0.3) is 0 Å². The van der Waals surface area contributed by atoms with Crippen molar-refractivity contribution < 1.29 is 20.6 Å². The molecule has 0 heterocycles. The van der Waals surface area contributed by atoms with Crippen LogP contribution in [0.15, 0.2) is 0 Å². The van der Waals surface area contributed by atoms with E-state index in [0.29, 0.717) is 0 Å². The second-order valence-electron chi connectivity index (χ2n) is 0.338. The van der Waals surface area contributed by atoms with Gasteiger partial charge in [-0.1, -0.05) is 12.2 Å². The van der Waals surface area contributed by atoms with Crippen LogP contribution in [-0.2, 0) is 20.6 Å². The summed E-state index contributed by atoms with van der Waals surface area (Å²) in [6.07, 6.45) is 0. The first-order valence-electron chi connectivity index (χ1n) is 0.930. The Kier molecular flexibility index (Phi) is 15.4. The van der Waals surface area contributed by atoms with E-state index in [1.165, 1.54) is 0 Å². The number of hydrogen-bond donors (Lipinski definition) is 2. The predicted octanol–water partition coefficient (Wildman–Crippen LogP) is 0.125. The molecular formula is C2H5AuNS2. The fourth-order valence-electron chi connectivity index (χ4n) is 0. The molecule has 2 N–H and O–H groups in total. The average molecular weight is 304 g/mol. The Morgan fingerprint density at radius 2 is 1.83 bits per heavy atom. The third kappa shape index (κ3) is 99.5. The molecular weight excluding hydrogens is 299 g/mol. The number of rotatable bonds is 0. The van der Waals surface area contributed by atoms with Crippen LogP contribution < -0.4 is 5.73 Å². The monoisotopic (exact) mass is 304 g/mol. The van der Waals surface area contributed by atoms with Gasteiger partial charge in [0, 0.05) is 0 Å². The normalized spacial score (nSPS) is 5.17. The van der Waals surface area contributed by atoms with Crippen LogP contribution in [-0.4, -0.2) is 9.05 Å². The zero-order chi connectivity index (χ0) is 5.58. The first kappa shape index (κ1) is 9.97. The molecule has 0 radical (unpaired) electrons. The van der Waals surface area contributed by atoms with Crippen LogP contribution in [0, 0.1) is 0 Å². The minimum absolute atomic E-state index is 0.194. The first-order valence-corrected chi connectivity index (χ1v) is 3.32. The molecule has 0 unspecified atom stereocenters. The predicted molar refractivity (Wildman–Crippen MR) is 32.9 cm³/mol. The molecule has 0 saturated carbocycles. The molecule has 0 aliphatic heterocycles. The summed E-state index contributed by atoms with van der Waals surface area (Å²) in [6, 6.07) is 0. The van der Waals surface area contributed by atoms with Gasteiger partial charge in [0.15, 0.2) is 0 Å². The molecule has 0 bridgehead atoms. The summed E-state index contributed by atoms with van der Waals surface area (Å²) in [7, 11) is 0. The van der Waals surface area contributed by atoms with Crippen molar-refractivity contribution in [3.63, 3.8) is 0 Å². The molecule has 41 valence electrons. The molecule has 1 nitrogen and oxygen atoms in total. The fraction of sp³-hybridized carbons (Fsp3) is 0. The summed E-state index contributed by atoms with van der Waals surface area (Å²) < 4.78 is 3.39. The Balaban J connectivity index is 0. The first-order chi connectivity index (χ1) is 2.73. The van der Waals surface area contributed by atoms with E-state index in [1.807, 2.05) is 20.6 Å². The molecule has 0 spiro atoms. The molecule has 0 aromatic heterocycles. The van der Waals surface area contributed by atoms with E-state index in [0.717, 1.165) is 0 Å². The SMILES string of the molecule is NC(=S)S.[CH2]=[Au]. The summed E-state index contributed by atoms with van der Waals surface area (Å²) in [5.41, 5.74) is 4.71. The molecule has 4 heteroatoms. The van der Waals surface area contributed by atoms with E-state index in [9.17, 15) is 0 Å². The van der Waals surface area contributed by atoms with Gasteiger partial charge < -0.3 is 5.73 Å². The Hall–Kier alpha value is 0.850. The van der Waals surface area contributed by atoms with E-state index in [2.05, 4.69) is 29.6 Å². The maximum absolute atomic E-state index is 4.71. The van der Waals surface area contributed by atoms with Crippen molar-refractivity contribution >= 4 is 33.9 Å². The van der Waals surface area contributed by atoms with Crippen molar-refractivity contribution in [1.29, 1.82) is 0 Å². The van der Waals surface area contributed by atoms with Gasteiger partial charge in [-0.3, -0.25) is 0 Å². The number of thiol groups is 1.